The maximum atomic E-state index is 12.0. The highest BCUT2D eigenvalue weighted by molar-refractivity contribution is 6.01. The SMILES string of the molecule is CCc1cccc(NC(=O)/C=C/c2ccc3c(c2)CCO3)c1. The van der Waals surface area contributed by atoms with E-state index in [1.54, 1.807) is 6.08 Å². The highest BCUT2D eigenvalue weighted by Gasteiger charge is 2.11. The van der Waals surface area contributed by atoms with Crippen molar-refractivity contribution in [3.8, 4) is 5.75 Å². The van der Waals surface area contributed by atoms with Gasteiger partial charge in [0.1, 0.15) is 5.75 Å². The van der Waals surface area contributed by atoms with Gasteiger partial charge in [0.15, 0.2) is 0 Å². The molecule has 0 spiro atoms. The Kier molecular flexibility index (Phi) is 4.24. The van der Waals surface area contributed by atoms with Crippen molar-refractivity contribution >= 4 is 17.7 Å². The minimum absolute atomic E-state index is 0.120. The summed E-state index contributed by atoms with van der Waals surface area (Å²) in [5.74, 6) is 0.836. The Morgan fingerprint density at radius 2 is 2.18 bits per heavy atom. The molecule has 3 rings (SSSR count). The van der Waals surface area contributed by atoms with Gasteiger partial charge in [0.25, 0.3) is 0 Å². The zero-order valence-electron chi connectivity index (χ0n) is 12.6. The molecular formula is C19H19NO2. The van der Waals surface area contributed by atoms with Crippen LogP contribution in [0.15, 0.2) is 48.5 Å². The molecule has 2 aromatic rings. The molecule has 0 radical (unpaired) electrons. The van der Waals surface area contributed by atoms with Crippen LogP contribution in [0.25, 0.3) is 6.08 Å². The van der Waals surface area contributed by atoms with Crippen LogP contribution in [0.2, 0.25) is 0 Å². The largest absolute Gasteiger partial charge is 0.493 e. The molecule has 22 heavy (non-hydrogen) atoms. The smallest absolute Gasteiger partial charge is 0.248 e. The number of hydrogen-bond acceptors (Lipinski definition) is 2. The number of hydrogen-bond donors (Lipinski definition) is 1. The molecule has 0 fully saturated rings. The summed E-state index contributed by atoms with van der Waals surface area (Å²) >= 11 is 0. The van der Waals surface area contributed by atoms with Crippen molar-refractivity contribution in [2.45, 2.75) is 19.8 Å². The molecular weight excluding hydrogens is 274 g/mol. The van der Waals surface area contributed by atoms with Crippen LogP contribution >= 0.6 is 0 Å². The van der Waals surface area contributed by atoms with Crippen LogP contribution in [-0.4, -0.2) is 12.5 Å². The van der Waals surface area contributed by atoms with Gasteiger partial charge in [-0.05, 0) is 53.5 Å². The lowest BCUT2D eigenvalue weighted by Gasteiger charge is -2.04. The van der Waals surface area contributed by atoms with Crippen LogP contribution in [0.5, 0.6) is 5.75 Å². The van der Waals surface area contributed by atoms with E-state index in [0.29, 0.717) is 0 Å². The average molecular weight is 293 g/mol. The number of amides is 1. The fourth-order valence-corrected chi connectivity index (χ4v) is 2.54. The number of ether oxygens (including phenoxy) is 1. The summed E-state index contributed by atoms with van der Waals surface area (Å²) in [7, 11) is 0. The van der Waals surface area contributed by atoms with Crippen molar-refractivity contribution in [3.63, 3.8) is 0 Å². The maximum absolute atomic E-state index is 12.0. The predicted octanol–water partition coefficient (Wildman–Crippen LogP) is 3.84. The Morgan fingerprint density at radius 1 is 1.27 bits per heavy atom. The van der Waals surface area contributed by atoms with E-state index in [4.69, 9.17) is 4.74 Å². The van der Waals surface area contributed by atoms with Crippen molar-refractivity contribution in [2.24, 2.45) is 0 Å². The Labute approximate surface area is 130 Å². The lowest BCUT2D eigenvalue weighted by atomic mass is 10.1. The van der Waals surface area contributed by atoms with Gasteiger partial charge in [-0.3, -0.25) is 4.79 Å². The molecule has 0 bridgehead atoms. The Hall–Kier alpha value is -2.55. The zero-order valence-corrected chi connectivity index (χ0v) is 12.6. The third-order valence-corrected chi connectivity index (χ3v) is 3.74. The Balaban J connectivity index is 1.66. The van der Waals surface area contributed by atoms with Crippen molar-refractivity contribution in [3.05, 3.63) is 65.2 Å². The second-order valence-corrected chi connectivity index (χ2v) is 5.34. The molecule has 0 saturated carbocycles. The van der Waals surface area contributed by atoms with Gasteiger partial charge in [0.2, 0.25) is 5.91 Å². The molecule has 0 unspecified atom stereocenters. The molecule has 1 amide bonds. The number of aryl methyl sites for hydroxylation is 1. The first-order valence-electron chi connectivity index (χ1n) is 7.58. The topological polar surface area (TPSA) is 38.3 Å². The molecule has 2 aromatic carbocycles. The monoisotopic (exact) mass is 293 g/mol. The Morgan fingerprint density at radius 3 is 3.05 bits per heavy atom. The minimum atomic E-state index is -0.120. The number of carbonyl (C=O) groups is 1. The van der Waals surface area contributed by atoms with Gasteiger partial charge < -0.3 is 10.1 Å². The molecule has 0 saturated heterocycles. The number of benzene rings is 2. The minimum Gasteiger partial charge on any atom is -0.493 e. The van der Waals surface area contributed by atoms with Gasteiger partial charge in [-0.1, -0.05) is 25.1 Å². The molecule has 112 valence electrons. The fraction of sp³-hybridized carbons (Fsp3) is 0.211. The van der Waals surface area contributed by atoms with Gasteiger partial charge in [0.05, 0.1) is 6.61 Å². The summed E-state index contributed by atoms with van der Waals surface area (Å²) in [5, 5.41) is 2.89. The molecule has 0 aliphatic carbocycles. The van der Waals surface area contributed by atoms with E-state index < -0.39 is 0 Å². The first kappa shape index (κ1) is 14.4. The quantitative estimate of drug-likeness (QED) is 0.870. The summed E-state index contributed by atoms with van der Waals surface area (Å²) in [5.41, 5.74) is 4.26. The van der Waals surface area contributed by atoms with Crippen molar-refractivity contribution in [1.29, 1.82) is 0 Å². The first-order valence-corrected chi connectivity index (χ1v) is 7.58. The van der Waals surface area contributed by atoms with Crippen LogP contribution in [0.4, 0.5) is 5.69 Å². The Bertz CT molecular complexity index is 719. The average Bonchev–Trinajstić information content (AvgIpc) is 3.00. The second-order valence-electron chi connectivity index (χ2n) is 5.34. The van der Waals surface area contributed by atoms with Crippen LogP contribution in [0.3, 0.4) is 0 Å². The summed E-state index contributed by atoms with van der Waals surface area (Å²) in [6.07, 6.45) is 5.29. The maximum Gasteiger partial charge on any atom is 0.248 e. The zero-order chi connectivity index (χ0) is 15.4. The molecule has 0 aromatic heterocycles. The van der Waals surface area contributed by atoms with Crippen molar-refractivity contribution < 1.29 is 9.53 Å². The molecule has 0 atom stereocenters. The molecule has 1 heterocycles. The number of nitrogens with one attached hydrogen (secondary N) is 1. The standard InChI is InChI=1S/C19H19NO2/c1-2-14-4-3-5-17(13-14)20-19(21)9-7-15-6-8-18-16(12-15)10-11-22-18/h3-9,12-13H,2,10-11H2,1H3,(H,20,21)/b9-7+. The number of rotatable bonds is 4. The van der Waals surface area contributed by atoms with Crippen LogP contribution in [-0.2, 0) is 17.6 Å². The number of fused-ring (bicyclic) bond motifs is 1. The van der Waals surface area contributed by atoms with Gasteiger partial charge in [-0.2, -0.15) is 0 Å². The highest BCUT2D eigenvalue weighted by Crippen LogP contribution is 2.26. The predicted molar refractivity (Wildman–Crippen MR) is 89.1 cm³/mol. The second kappa shape index (κ2) is 6.48. The van der Waals surface area contributed by atoms with Crippen LogP contribution in [0, 0.1) is 0 Å². The van der Waals surface area contributed by atoms with E-state index in [2.05, 4.69) is 24.4 Å². The summed E-state index contributed by atoms with van der Waals surface area (Å²) in [6.45, 7) is 2.84. The molecule has 1 N–H and O–H groups in total. The van der Waals surface area contributed by atoms with Crippen molar-refractivity contribution in [1.82, 2.24) is 0 Å². The van der Waals surface area contributed by atoms with E-state index in [1.165, 1.54) is 11.1 Å². The van der Waals surface area contributed by atoms with Crippen LogP contribution < -0.4 is 10.1 Å². The third kappa shape index (κ3) is 3.37. The molecule has 3 heteroatoms. The van der Waals surface area contributed by atoms with E-state index in [1.807, 2.05) is 36.4 Å². The summed E-state index contributed by atoms with van der Waals surface area (Å²) in [6, 6.07) is 13.9. The van der Waals surface area contributed by atoms with E-state index in [-0.39, 0.29) is 5.91 Å². The normalized spacial score (nSPS) is 13.0. The lowest BCUT2D eigenvalue weighted by Crippen LogP contribution is -2.07. The van der Waals surface area contributed by atoms with E-state index >= 15 is 0 Å². The summed E-state index contributed by atoms with van der Waals surface area (Å²) < 4.78 is 5.48. The highest BCUT2D eigenvalue weighted by atomic mass is 16.5. The van der Waals surface area contributed by atoms with E-state index in [9.17, 15) is 4.79 Å². The van der Waals surface area contributed by atoms with Crippen molar-refractivity contribution in [2.75, 3.05) is 11.9 Å². The van der Waals surface area contributed by atoms with Gasteiger partial charge >= 0.3 is 0 Å². The molecule has 3 nitrogen and oxygen atoms in total. The fourth-order valence-electron chi connectivity index (χ4n) is 2.54. The van der Waals surface area contributed by atoms with Crippen LogP contribution in [0.1, 0.15) is 23.6 Å². The lowest BCUT2D eigenvalue weighted by molar-refractivity contribution is -0.111. The van der Waals surface area contributed by atoms with Gasteiger partial charge in [-0.15, -0.1) is 0 Å². The number of carbonyl (C=O) groups excluding carboxylic acids is 1. The first-order chi connectivity index (χ1) is 10.7. The summed E-state index contributed by atoms with van der Waals surface area (Å²) in [4.78, 5) is 12.0. The molecule has 1 aliphatic heterocycles. The van der Waals surface area contributed by atoms with Gasteiger partial charge in [0, 0.05) is 18.2 Å². The number of anilines is 1. The third-order valence-electron chi connectivity index (χ3n) is 3.74. The van der Waals surface area contributed by atoms with E-state index in [0.717, 1.165) is 36.4 Å². The molecule has 1 aliphatic rings. The van der Waals surface area contributed by atoms with Gasteiger partial charge in [-0.25, -0.2) is 0 Å².